The van der Waals surface area contributed by atoms with E-state index in [1.54, 1.807) is 0 Å². The Hall–Kier alpha value is -2.53. The molecule has 0 bridgehead atoms. The molecule has 3 atom stereocenters. The standard InChI is InChI=1S/C25H28O5/c1-28-25(15-4-2-5-15)21-7-3-6-20-19(21)10-11-22(20)30-17-8-9-18-16(12-24(26)27)14-29-23(18)13-17/h3,6-9,13,15-16,22,25H,2,4-5,10-12,14H2,1H3,(H,26,27). The molecule has 2 aromatic carbocycles. The Kier molecular flexibility index (Phi) is 5.15. The van der Waals surface area contributed by atoms with Gasteiger partial charge in [0.15, 0.2) is 0 Å². The fourth-order valence-electron chi connectivity index (χ4n) is 5.22. The van der Waals surface area contributed by atoms with Gasteiger partial charge in [0.05, 0.1) is 19.1 Å². The van der Waals surface area contributed by atoms with Gasteiger partial charge in [0.1, 0.15) is 17.6 Å². The quantitative estimate of drug-likeness (QED) is 0.683. The van der Waals surface area contributed by atoms with Crippen molar-refractivity contribution in [1.29, 1.82) is 0 Å². The van der Waals surface area contributed by atoms with Crippen molar-refractivity contribution in [1.82, 2.24) is 0 Å². The number of methoxy groups -OCH3 is 1. The van der Waals surface area contributed by atoms with E-state index < -0.39 is 5.97 Å². The second-order valence-electron chi connectivity index (χ2n) is 8.71. The fraction of sp³-hybridized carbons (Fsp3) is 0.480. The summed E-state index contributed by atoms with van der Waals surface area (Å²) in [6.45, 7) is 0.417. The van der Waals surface area contributed by atoms with Gasteiger partial charge in [-0.1, -0.05) is 30.7 Å². The van der Waals surface area contributed by atoms with E-state index in [9.17, 15) is 4.79 Å². The Morgan fingerprint density at radius 1 is 1.20 bits per heavy atom. The molecule has 5 rings (SSSR count). The minimum absolute atomic E-state index is 0.0214. The second-order valence-corrected chi connectivity index (χ2v) is 8.71. The second kappa shape index (κ2) is 7.95. The minimum atomic E-state index is -0.800. The molecule has 0 aromatic heterocycles. The summed E-state index contributed by atoms with van der Waals surface area (Å²) in [6.07, 6.45) is 6.06. The van der Waals surface area contributed by atoms with Gasteiger partial charge in [-0.25, -0.2) is 0 Å². The van der Waals surface area contributed by atoms with E-state index >= 15 is 0 Å². The first-order chi connectivity index (χ1) is 14.6. The summed E-state index contributed by atoms with van der Waals surface area (Å²) in [6, 6.07) is 12.3. The van der Waals surface area contributed by atoms with Crippen molar-refractivity contribution in [3.63, 3.8) is 0 Å². The van der Waals surface area contributed by atoms with Crippen molar-refractivity contribution in [2.75, 3.05) is 13.7 Å². The highest BCUT2D eigenvalue weighted by atomic mass is 16.5. The van der Waals surface area contributed by atoms with E-state index in [0.717, 1.165) is 29.9 Å². The summed E-state index contributed by atoms with van der Waals surface area (Å²) in [7, 11) is 1.83. The van der Waals surface area contributed by atoms with Gasteiger partial charge in [0.25, 0.3) is 0 Å². The Labute approximate surface area is 177 Å². The summed E-state index contributed by atoms with van der Waals surface area (Å²) in [4.78, 5) is 11.1. The van der Waals surface area contributed by atoms with Gasteiger partial charge in [-0.15, -0.1) is 0 Å². The highest BCUT2D eigenvalue weighted by molar-refractivity contribution is 5.68. The van der Waals surface area contributed by atoms with Crippen LogP contribution in [-0.2, 0) is 16.0 Å². The van der Waals surface area contributed by atoms with E-state index in [4.69, 9.17) is 19.3 Å². The highest BCUT2D eigenvalue weighted by Gasteiger charge is 2.34. The van der Waals surface area contributed by atoms with Gasteiger partial charge in [0.2, 0.25) is 0 Å². The number of carboxylic acid groups (broad SMARTS) is 1. The molecule has 0 saturated heterocycles. The number of carboxylic acids is 1. The third-order valence-corrected chi connectivity index (χ3v) is 6.95. The fourth-order valence-corrected chi connectivity index (χ4v) is 5.22. The van der Waals surface area contributed by atoms with Crippen LogP contribution >= 0.6 is 0 Å². The van der Waals surface area contributed by atoms with Crippen molar-refractivity contribution in [3.8, 4) is 11.5 Å². The number of hydrogen-bond acceptors (Lipinski definition) is 4. The molecule has 3 unspecified atom stereocenters. The molecule has 0 radical (unpaired) electrons. The molecule has 1 aliphatic heterocycles. The number of fused-ring (bicyclic) bond motifs is 2. The van der Waals surface area contributed by atoms with Crippen molar-refractivity contribution >= 4 is 5.97 Å². The first kappa shape index (κ1) is 19.4. The van der Waals surface area contributed by atoms with Gasteiger partial charge in [-0.05, 0) is 54.4 Å². The van der Waals surface area contributed by atoms with Gasteiger partial charge < -0.3 is 19.3 Å². The van der Waals surface area contributed by atoms with Crippen LogP contribution in [0.1, 0.15) is 72.5 Å². The third kappa shape index (κ3) is 3.45. The summed E-state index contributed by atoms with van der Waals surface area (Å²) in [5, 5.41) is 9.08. The first-order valence-corrected chi connectivity index (χ1v) is 10.9. The molecule has 2 aliphatic carbocycles. The lowest BCUT2D eigenvalue weighted by molar-refractivity contribution is -0.137. The monoisotopic (exact) mass is 408 g/mol. The Bertz CT molecular complexity index is 949. The summed E-state index contributed by atoms with van der Waals surface area (Å²) >= 11 is 0. The third-order valence-electron chi connectivity index (χ3n) is 6.95. The maximum Gasteiger partial charge on any atom is 0.304 e. The zero-order valence-corrected chi connectivity index (χ0v) is 17.3. The van der Waals surface area contributed by atoms with Crippen molar-refractivity contribution < 1.29 is 24.1 Å². The number of benzene rings is 2. The minimum Gasteiger partial charge on any atom is -0.492 e. The van der Waals surface area contributed by atoms with Crippen molar-refractivity contribution in [3.05, 3.63) is 58.7 Å². The number of rotatable bonds is 7. The van der Waals surface area contributed by atoms with E-state index in [1.807, 2.05) is 25.3 Å². The van der Waals surface area contributed by atoms with Crippen LogP contribution in [0.5, 0.6) is 11.5 Å². The first-order valence-electron chi connectivity index (χ1n) is 10.9. The van der Waals surface area contributed by atoms with Crippen LogP contribution in [0.15, 0.2) is 36.4 Å². The number of ether oxygens (including phenoxy) is 3. The van der Waals surface area contributed by atoms with E-state index in [1.165, 1.54) is 36.0 Å². The lowest BCUT2D eigenvalue weighted by Crippen LogP contribution is -2.22. The molecule has 5 nitrogen and oxygen atoms in total. The van der Waals surface area contributed by atoms with Crippen molar-refractivity contribution in [2.24, 2.45) is 5.92 Å². The molecule has 2 aromatic rings. The summed E-state index contributed by atoms with van der Waals surface area (Å²) in [5.41, 5.74) is 4.95. The lowest BCUT2D eigenvalue weighted by atomic mass is 9.77. The predicted molar refractivity (Wildman–Crippen MR) is 112 cm³/mol. The van der Waals surface area contributed by atoms with Crippen LogP contribution in [0.4, 0.5) is 0 Å². The molecule has 1 saturated carbocycles. The highest BCUT2D eigenvalue weighted by Crippen LogP contribution is 2.46. The lowest BCUT2D eigenvalue weighted by Gasteiger charge is -2.34. The van der Waals surface area contributed by atoms with Gasteiger partial charge in [-0.3, -0.25) is 4.79 Å². The molecule has 1 heterocycles. The van der Waals surface area contributed by atoms with Crippen LogP contribution in [0.3, 0.4) is 0 Å². The summed E-state index contributed by atoms with van der Waals surface area (Å²) < 4.78 is 18.0. The number of hydrogen-bond donors (Lipinski definition) is 1. The maximum atomic E-state index is 11.1. The average molecular weight is 408 g/mol. The van der Waals surface area contributed by atoms with E-state index in [2.05, 4.69) is 18.2 Å². The number of carbonyl (C=O) groups is 1. The molecular weight excluding hydrogens is 380 g/mol. The van der Waals surface area contributed by atoms with Crippen LogP contribution in [0.25, 0.3) is 0 Å². The number of aliphatic carboxylic acids is 1. The van der Waals surface area contributed by atoms with Crippen molar-refractivity contribution in [2.45, 2.75) is 56.7 Å². The largest absolute Gasteiger partial charge is 0.492 e. The van der Waals surface area contributed by atoms with Crippen LogP contribution < -0.4 is 9.47 Å². The smallest absolute Gasteiger partial charge is 0.304 e. The molecule has 0 amide bonds. The normalized spacial score (nSPS) is 23.2. The topological polar surface area (TPSA) is 65.0 Å². The molecular formula is C25H28O5. The van der Waals surface area contributed by atoms with Gasteiger partial charge in [0, 0.05) is 24.7 Å². The molecule has 1 fully saturated rings. The average Bonchev–Trinajstić information content (AvgIpc) is 3.28. The molecule has 158 valence electrons. The van der Waals surface area contributed by atoms with E-state index in [-0.39, 0.29) is 24.5 Å². The molecule has 30 heavy (non-hydrogen) atoms. The molecule has 0 spiro atoms. The molecule has 3 aliphatic rings. The van der Waals surface area contributed by atoms with Gasteiger partial charge in [-0.2, -0.15) is 0 Å². The SMILES string of the molecule is COC(c1cccc2c1CCC2Oc1ccc2c(c1)OCC2CC(=O)O)C1CCC1. The van der Waals surface area contributed by atoms with Crippen LogP contribution in [0, 0.1) is 5.92 Å². The molecule has 1 N–H and O–H groups in total. The van der Waals surface area contributed by atoms with Crippen LogP contribution in [-0.4, -0.2) is 24.8 Å². The summed E-state index contributed by atoms with van der Waals surface area (Å²) in [5.74, 6) is 1.27. The Balaban J connectivity index is 1.35. The van der Waals surface area contributed by atoms with Gasteiger partial charge >= 0.3 is 5.97 Å². The molecule has 5 heteroatoms. The predicted octanol–water partition coefficient (Wildman–Crippen LogP) is 5.19. The Morgan fingerprint density at radius 2 is 2.07 bits per heavy atom. The van der Waals surface area contributed by atoms with E-state index in [0.29, 0.717) is 12.5 Å². The zero-order chi connectivity index (χ0) is 20.7. The van der Waals surface area contributed by atoms with Crippen LogP contribution in [0.2, 0.25) is 0 Å². The maximum absolute atomic E-state index is 11.1. The Morgan fingerprint density at radius 3 is 2.80 bits per heavy atom. The zero-order valence-electron chi connectivity index (χ0n) is 17.3.